The molecule has 3 N–H and O–H groups in total. The Morgan fingerprint density at radius 2 is 2.26 bits per heavy atom. The van der Waals surface area contributed by atoms with Crippen LogP contribution in [0.2, 0.25) is 0 Å². The van der Waals surface area contributed by atoms with Crippen LogP contribution in [-0.2, 0) is 6.54 Å². The highest BCUT2D eigenvalue weighted by Gasteiger charge is 2.20. The maximum Gasteiger partial charge on any atom is 0.319 e. The van der Waals surface area contributed by atoms with Gasteiger partial charge in [0.15, 0.2) is 0 Å². The predicted molar refractivity (Wildman–Crippen MR) is 91.3 cm³/mol. The number of rotatable bonds is 7. The topological polar surface area (TPSA) is 73.5 Å². The molecule has 2 rings (SSSR count). The molecule has 0 radical (unpaired) electrons. The maximum absolute atomic E-state index is 12.2. The standard InChI is InChI=1S/C17H24N4O2/c1-3-7-14(4-2)19-16(22)20-15-9-6-5-8-13(15)12-21-11-10-18-17(21)23/h3,5-6,8-9,14H,1,4,7,10-12H2,2H3,(H,18,23)(H2,19,20,22). The van der Waals surface area contributed by atoms with E-state index in [4.69, 9.17) is 0 Å². The fourth-order valence-corrected chi connectivity index (χ4v) is 2.52. The van der Waals surface area contributed by atoms with Crippen molar-refractivity contribution >= 4 is 17.7 Å². The summed E-state index contributed by atoms with van der Waals surface area (Å²) in [6.07, 6.45) is 3.38. The SMILES string of the molecule is C=CCC(CC)NC(=O)Nc1ccccc1CN1CCNC1=O. The fourth-order valence-electron chi connectivity index (χ4n) is 2.52. The molecule has 1 aliphatic heterocycles. The molecule has 1 aliphatic rings. The molecule has 0 bridgehead atoms. The highest BCUT2D eigenvalue weighted by molar-refractivity contribution is 5.90. The summed E-state index contributed by atoms with van der Waals surface area (Å²) in [5, 5.41) is 8.59. The number of para-hydroxylation sites is 1. The Balaban J connectivity index is 2.00. The van der Waals surface area contributed by atoms with Gasteiger partial charge in [0.1, 0.15) is 0 Å². The summed E-state index contributed by atoms with van der Waals surface area (Å²) < 4.78 is 0. The number of hydrogen-bond donors (Lipinski definition) is 3. The van der Waals surface area contributed by atoms with E-state index < -0.39 is 0 Å². The number of urea groups is 2. The molecular weight excluding hydrogens is 292 g/mol. The first-order valence-corrected chi connectivity index (χ1v) is 7.93. The van der Waals surface area contributed by atoms with Crippen molar-refractivity contribution in [2.45, 2.75) is 32.4 Å². The Hall–Kier alpha value is -2.50. The van der Waals surface area contributed by atoms with E-state index in [2.05, 4.69) is 22.5 Å². The van der Waals surface area contributed by atoms with Crippen molar-refractivity contribution in [1.82, 2.24) is 15.5 Å². The van der Waals surface area contributed by atoms with Gasteiger partial charge in [0.25, 0.3) is 0 Å². The van der Waals surface area contributed by atoms with E-state index in [0.717, 1.165) is 24.1 Å². The maximum atomic E-state index is 12.2. The number of amides is 4. The third kappa shape index (κ3) is 4.74. The lowest BCUT2D eigenvalue weighted by Crippen LogP contribution is -2.37. The van der Waals surface area contributed by atoms with Crippen molar-refractivity contribution in [1.29, 1.82) is 0 Å². The first kappa shape index (κ1) is 16.9. The summed E-state index contributed by atoms with van der Waals surface area (Å²) >= 11 is 0. The number of nitrogens with zero attached hydrogens (tertiary/aromatic N) is 1. The van der Waals surface area contributed by atoms with Gasteiger partial charge in [0.05, 0.1) is 0 Å². The number of hydrogen-bond acceptors (Lipinski definition) is 2. The normalized spacial score (nSPS) is 15.0. The van der Waals surface area contributed by atoms with Crippen molar-refractivity contribution in [2.75, 3.05) is 18.4 Å². The van der Waals surface area contributed by atoms with Crippen molar-refractivity contribution in [3.63, 3.8) is 0 Å². The zero-order chi connectivity index (χ0) is 16.7. The van der Waals surface area contributed by atoms with Gasteiger partial charge in [-0.1, -0.05) is 31.2 Å². The van der Waals surface area contributed by atoms with Gasteiger partial charge in [0.2, 0.25) is 0 Å². The molecule has 4 amide bonds. The zero-order valence-electron chi connectivity index (χ0n) is 13.5. The summed E-state index contributed by atoms with van der Waals surface area (Å²) in [5.74, 6) is 0. The molecule has 1 aromatic rings. The number of benzene rings is 1. The molecule has 6 nitrogen and oxygen atoms in total. The van der Waals surface area contributed by atoms with Crippen molar-refractivity contribution < 1.29 is 9.59 Å². The van der Waals surface area contributed by atoms with Crippen LogP contribution in [0.4, 0.5) is 15.3 Å². The van der Waals surface area contributed by atoms with Crippen LogP contribution < -0.4 is 16.0 Å². The smallest absolute Gasteiger partial charge is 0.319 e. The average molecular weight is 316 g/mol. The molecule has 23 heavy (non-hydrogen) atoms. The van der Waals surface area contributed by atoms with E-state index in [-0.39, 0.29) is 18.1 Å². The lowest BCUT2D eigenvalue weighted by atomic mass is 10.1. The van der Waals surface area contributed by atoms with Crippen LogP contribution in [0.15, 0.2) is 36.9 Å². The summed E-state index contributed by atoms with van der Waals surface area (Å²) in [6.45, 7) is 7.54. The van der Waals surface area contributed by atoms with Gasteiger partial charge in [-0.3, -0.25) is 0 Å². The highest BCUT2D eigenvalue weighted by atomic mass is 16.2. The molecular formula is C17H24N4O2. The zero-order valence-corrected chi connectivity index (χ0v) is 13.5. The van der Waals surface area contributed by atoms with Crippen LogP contribution in [0.25, 0.3) is 0 Å². The van der Waals surface area contributed by atoms with Crippen LogP contribution in [0.3, 0.4) is 0 Å². The summed E-state index contributed by atoms with van der Waals surface area (Å²) in [5.41, 5.74) is 1.63. The molecule has 0 saturated carbocycles. The molecule has 1 saturated heterocycles. The molecule has 1 aromatic carbocycles. The van der Waals surface area contributed by atoms with Crippen LogP contribution >= 0.6 is 0 Å². The Labute approximate surface area is 136 Å². The largest absolute Gasteiger partial charge is 0.336 e. The third-order valence-corrected chi connectivity index (χ3v) is 3.85. The summed E-state index contributed by atoms with van der Waals surface area (Å²) in [4.78, 5) is 25.6. The van der Waals surface area contributed by atoms with Crippen molar-refractivity contribution in [3.05, 3.63) is 42.5 Å². The Kier molecular flexibility index (Phi) is 6.02. The first-order valence-electron chi connectivity index (χ1n) is 7.93. The first-order chi connectivity index (χ1) is 11.1. The Morgan fingerprint density at radius 1 is 1.48 bits per heavy atom. The quantitative estimate of drug-likeness (QED) is 0.677. The predicted octanol–water partition coefficient (Wildman–Crippen LogP) is 2.69. The van der Waals surface area contributed by atoms with E-state index in [0.29, 0.717) is 19.6 Å². The van der Waals surface area contributed by atoms with Crippen LogP contribution in [0, 0.1) is 0 Å². The van der Waals surface area contributed by atoms with Gasteiger partial charge in [-0.2, -0.15) is 0 Å². The second kappa shape index (κ2) is 8.22. The second-order valence-electron chi connectivity index (χ2n) is 5.54. The molecule has 1 atom stereocenters. The average Bonchev–Trinajstić information content (AvgIpc) is 2.94. The van der Waals surface area contributed by atoms with Crippen molar-refractivity contribution in [3.8, 4) is 0 Å². The van der Waals surface area contributed by atoms with E-state index in [1.807, 2.05) is 31.2 Å². The number of anilines is 1. The highest BCUT2D eigenvalue weighted by Crippen LogP contribution is 2.18. The van der Waals surface area contributed by atoms with Gasteiger partial charge >= 0.3 is 12.1 Å². The molecule has 0 spiro atoms. The van der Waals surface area contributed by atoms with Crippen molar-refractivity contribution in [2.24, 2.45) is 0 Å². The fraction of sp³-hybridized carbons (Fsp3) is 0.412. The van der Waals surface area contributed by atoms with E-state index in [9.17, 15) is 9.59 Å². The summed E-state index contributed by atoms with van der Waals surface area (Å²) in [6, 6.07) is 7.30. The Bertz CT molecular complexity index is 573. The second-order valence-corrected chi connectivity index (χ2v) is 5.54. The summed E-state index contributed by atoms with van der Waals surface area (Å²) in [7, 11) is 0. The van der Waals surface area contributed by atoms with Gasteiger partial charge < -0.3 is 20.9 Å². The van der Waals surface area contributed by atoms with Crippen LogP contribution in [0.1, 0.15) is 25.3 Å². The molecule has 1 fully saturated rings. The van der Waals surface area contributed by atoms with E-state index >= 15 is 0 Å². The van der Waals surface area contributed by atoms with E-state index in [1.54, 1.807) is 11.0 Å². The molecule has 124 valence electrons. The van der Waals surface area contributed by atoms with Gasteiger partial charge in [-0.05, 0) is 24.5 Å². The van der Waals surface area contributed by atoms with E-state index in [1.165, 1.54) is 0 Å². The lowest BCUT2D eigenvalue weighted by molar-refractivity contribution is 0.215. The minimum atomic E-state index is -0.239. The molecule has 6 heteroatoms. The molecule has 1 unspecified atom stereocenters. The number of carbonyl (C=O) groups is 2. The molecule has 0 aliphatic carbocycles. The number of carbonyl (C=O) groups excluding carboxylic acids is 2. The Morgan fingerprint density at radius 3 is 2.91 bits per heavy atom. The molecule has 0 aromatic heterocycles. The van der Waals surface area contributed by atoms with Crippen LogP contribution in [-0.4, -0.2) is 36.1 Å². The third-order valence-electron chi connectivity index (χ3n) is 3.85. The lowest BCUT2D eigenvalue weighted by Gasteiger charge is -2.19. The number of nitrogens with one attached hydrogen (secondary N) is 3. The monoisotopic (exact) mass is 316 g/mol. The minimum absolute atomic E-state index is 0.0683. The van der Waals surface area contributed by atoms with Gasteiger partial charge in [-0.25, -0.2) is 9.59 Å². The van der Waals surface area contributed by atoms with Crippen LogP contribution in [0.5, 0.6) is 0 Å². The minimum Gasteiger partial charge on any atom is -0.336 e. The van der Waals surface area contributed by atoms with Gasteiger partial charge in [0, 0.05) is 31.4 Å². The van der Waals surface area contributed by atoms with Gasteiger partial charge in [-0.15, -0.1) is 6.58 Å². The molecule has 1 heterocycles.